The summed E-state index contributed by atoms with van der Waals surface area (Å²) in [4.78, 5) is 4.28. The second-order valence-corrected chi connectivity index (χ2v) is 5.77. The van der Waals surface area contributed by atoms with Gasteiger partial charge in [0.1, 0.15) is 0 Å². The quantitative estimate of drug-likeness (QED) is 0.879. The maximum absolute atomic E-state index is 5.97. The van der Waals surface area contributed by atoms with E-state index in [1.807, 2.05) is 19.9 Å². The molecule has 2 rings (SSSR count). The van der Waals surface area contributed by atoms with E-state index in [-0.39, 0.29) is 6.10 Å². The molecular weight excluding hydrogens is 313 g/mol. The Morgan fingerprint density at radius 3 is 2.71 bits per heavy atom. The summed E-state index contributed by atoms with van der Waals surface area (Å²) in [5, 5.41) is 4.89. The van der Waals surface area contributed by atoms with E-state index in [9.17, 15) is 0 Å². The van der Waals surface area contributed by atoms with Crippen molar-refractivity contribution in [3.8, 4) is 0 Å². The molecule has 2 aromatic rings. The van der Waals surface area contributed by atoms with E-state index in [0.29, 0.717) is 34.8 Å². The molecule has 1 aromatic heterocycles. The van der Waals surface area contributed by atoms with E-state index in [0.717, 1.165) is 5.56 Å². The van der Waals surface area contributed by atoms with Gasteiger partial charge in [0.05, 0.1) is 35.2 Å². The molecular formula is C14H17Cl2N3O2. The molecule has 0 aliphatic heterocycles. The van der Waals surface area contributed by atoms with Crippen molar-refractivity contribution >= 4 is 23.2 Å². The second-order valence-electron chi connectivity index (χ2n) is 4.96. The molecule has 7 heteroatoms. The SMILES string of the molecule is CC(C)OCC(N)c1noc(Cc2ccc(Cl)c(Cl)c2)n1. The third kappa shape index (κ3) is 4.68. The first-order chi connectivity index (χ1) is 9.95. The molecule has 5 nitrogen and oxygen atoms in total. The molecule has 1 heterocycles. The summed E-state index contributed by atoms with van der Waals surface area (Å²) in [6.45, 7) is 4.24. The third-order valence-corrected chi connectivity index (χ3v) is 3.50. The van der Waals surface area contributed by atoms with Gasteiger partial charge in [-0.1, -0.05) is 34.4 Å². The van der Waals surface area contributed by atoms with Crippen molar-refractivity contribution in [2.75, 3.05) is 6.61 Å². The molecule has 1 unspecified atom stereocenters. The molecule has 0 saturated carbocycles. The van der Waals surface area contributed by atoms with Gasteiger partial charge in [-0.25, -0.2) is 0 Å². The van der Waals surface area contributed by atoms with Gasteiger partial charge in [0.25, 0.3) is 0 Å². The predicted octanol–water partition coefficient (Wildman–Crippen LogP) is 3.39. The minimum absolute atomic E-state index is 0.110. The van der Waals surface area contributed by atoms with Crippen LogP contribution in [-0.2, 0) is 11.2 Å². The van der Waals surface area contributed by atoms with Crippen LogP contribution in [0.2, 0.25) is 10.0 Å². The summed E-state index contributed by atoms with van der Waals surface area (Å²) in [6.07, 6.45) is 0.584. The van der Waals surface area contributed by atoms with Gasteiger partial charge >= 0.3 is 0 Å². The fraction of sp³-hybridized carbons (Fsp3) is 0.429. The van der Waals surface area contributed by atoms with Crippen LogP contribution in [0.15, 0.2) is 22.7 Å². The van der Waals surface area contributed by atoms with Gasteiger partial charge in [-0.2, -0.15) is 4.98 Å². The number of halogens is 2. The third-order valence-electron chi connectivity index (χ3n) is 2.76. The van der Waals surface area contributed by atoms with Crippen LogP contribution in [0, 0.1) is 0 Å². The van der Waals surface area contributed by atoms with Crippen LogP contribution in [0.1, 0.15) is 37.2 Å². The topological polar surface area (TPSA) is 74.2 Å². The lowest BCUT2D eigenvalue weighted by Crippen LogP contribution is -2.20. The molecule has 1 atom stereocenters. The number of hydrogen-bond donors (Lipinski definition) is 1. The highest BCUT2D eigenvalue weighted by Gasteiger charge is 2.15. The Morgan fingerprint density at radius 1 is 1.29 bits per heavy atom. The van der Waals surface area contributed by atoms with Crippen LogP contribution in [-0.4, -0.2) is 22.9 Å². The number of ether oxygens (including phenoxy) is 1. The smallest absolute Gasteiger partial charge is 0.231 e. The molecule has 21 heavy (non-hydrogen) atoms. The Morgan fingerprint density at radius 2 is 2.05 bits per heavy atom. The Bertz CT molecular complexity index is 602. The van der Waals surface area contributed by atoms with Gasteiger partial charge in [0.2, 0.25) is 5.89 Å². The van der Waals surface area contributed by atoms with Crippen LogP contribution in [0.3, 0.4) is 0 Å². The average Bonchev–Trinajstić information content (AvgIpc) is 2.89. The van der Waals surface area contributed by atoms with Crippen molar-refractivity contribution < 1.29 is 9.26 Å². The van der Waals surface area contributed by atoms with Crippen molar-refractivity contribution in [3.05, 3.63) is 45.5 Å². The highest BCUT2D eigenvalue weighted by molar-refractivity contribution is 6.42. The Hall–Kier alpha value is -1.14. The Kier molecular flexibility index (Phi) is 5.58. The predicted molar refractivity (Wildman–Crippen MR) is 81.6 cm³/mol. The van der Waals surface area contributed by atoms with E-state index in [1.165, 1.54) is 0 Å². The van der Waals surface area contributed by atoms with Crippen molar-refractivity contribution in [2.24, 2.45) is 5.73 Å². The van der Waals surface area contributed by atoms with Gasteiger partial charge in [0.15, 0.2) is 5.82 Å². The number of rotatable bonds is 6. The van der Waals surface area contributed by atoms with Gasteiger partial charge < -0.3 is 15.0 Å². The molecule has 0 spiro atoms. The van der Waals surface area contributed by atoms with Crippen LogP contribution < -0.4 is 5.73 Å². The van der Waals surface area contributed by atoms with Crippen LogP contribution >= 0.6 is 23.2 Å². The lowest BCUT2D eigenvalue weighted by atomic mass is 10.1. The van der Waals surface area contributed by atoms with Crippen LogP contribution in [0.4, 0.5) is 0 Å². The number of nitrogens with zero attached hydrogens (tertiary/aromatic N) is 2. The first-order valence-corrected chi connectivity index (χ1v) is 7.35. The van der Waals surface area contributed by atoms with E-state index < -0.39 is 6.04 Å². The first-order valence-electron chi connectivity index (χ1n) is 6.59. The second kappa shape index (κ2) is 7.22. The van der Waals surface area contributed by atoms with Crippen LogP contribution in [0.5, 0.6) is 0 Å². The van der Waals surface area contributed by atoms with Gasteiger partial charge in [-0.3, -0.25) is 0 Å². The normalized spacial score (nSPS) is 12.9. The molecule has 0 saturated heterocycles. The zero-order valence-corrected chi connectivity index (χ0v) is 13.4. The van der Waals surface area contributed by atoms with E-state index >= 15 is 0 Å². The monoisotopic (exact) mass is 329 g/mol. The van der Waals surface area contributed by atoms with Crippen molar-refractivity contribution in [3.63, 3.8) is 0 Å². The molecule has 114 valence electrons. The molecule has 0 aliphatic carbocycles. The van der Waals surface area contributed by atoms with Crippen molar-refractivity contribution in [1.82, 2.24) is 10.1 Å². The maximum Gasteiger partial charge on any atom is 0.231 e. The minimum Gasteiger partial charge on any atom is -0.377 e. The zero-order valence-electron chi connectivity index (χ0n) is 11.8. The maximum atomic E-state index is 5.97. The summed E-state index contributed by atoms with van der Waals surface area (Å²) >= 11 is 11.8. The Labute approximate surface area is 133 Å². The summed E-state index contributed by atoms with van der Waals surface area (Å²) in [6, 6.07) is 4.97. The summed E-state index contributed by atoms with van der Waals surface area (Å²) in [7, 11) is 0. The largest absolute Gasteiger partial charge is 0.377 e. The lowest BCUT2D eigenvalue weighted by Gasteiger charge is -2.10. The molecule has 2 N–H and O–H groups in total. The average molecular weight is 330 g/mol. The van der Waals surface area contributed by atoms with Crippen molar-refractivity contribution in [2.45, 2.75) is 32.4 Å². The number of hydrogen-bond acceptors (Lipinski definition) is 5. The van der Waals surface area contributed by atoms with Crippen molar-refractivity contribution in [1.29, 1.82) is 0 Å². The van der Waals surface area contributed by atoms with Gasteiger partial charge in [-0.15, -0.1) is 0 Å². The molecule has 0 radical (unpaired) electrons. The standard InChI is InChI=1S/C14H17Cl2N3O2/c1-8(2)20-7-12(17)14-18-13(21-19-14)6-9-3-4-10(15)11(16)5-9/h3-5,8,12H,6-7,17H2,1-2H3. The van der Waals surface area contributed by atoms with E-state index in [4.69, 9.17) is 38.2 Å². The fourth-order valence-corrected chi connectivity index (χ4v) is 2.01. The Balaban J connectivity index is 2.00. The number of benzene rings is 1. The zero-order chi connectivity index (χ0) is 15.4. The van der Waals surface area contributed by atoms with Gasteiger partial charge in [0, 0.05) is 0 Å². The summed E-state index contributed by atoms with van der Waals surface area (Å²) < 4.78 is 10.6. The summed E-state index contributed by atoms with van der Waals surface area (Å²) in [5.41, 5.74) is 6.88. The molecule has 0 fully saturated rings. The molecule has 0 amide bonds. The number of nitrogens with two attached hydrogens (primary N) is 1. The lowest BCUT2D eigenvalue weighted by molar-refractivity contribution is 0.0665. The van der Waals surface area contributed by atoms with E-state index in [1.54, 1.807) is 12.1 Å². The molecule has 0 bridgehead atoms. The van der Waals surface area contributed by atoms with E-state index in [2.05, 4.69) is 10.1 Å². The van der Waals surface area contributed by atoms with Gasteiger partial charge in [-0.05, 0) is 31.5 Å². The first kappa shape index (κ1) is 16.2. The fourth-order valence-electron chi connectivity index (χ4n) is 1.69. The minimum atomic E-state index is -0.404. The highest BCUT2D eigenvalue weighted by Crippen LogP contribution is 2.23. The molecule has 1 aromatic carbocycles. The number of aromatic nitrogens is 2. The summed E-state index contributed by atoms with van der Waals surface area (Å²) in [5.74, 6) is 0.911. The molecule has 0 aliphatic rings. The van der Waals surface area contributed by atoms with Crippen LogP contribution in [0.25, 0.3) is 0 Å². The highest BCUT2D eigenvalue weighted by atomic mass is 35.5.